The highest BCUT2D eigenvalue weighted by molar-refractivity contribution is 8.18. The lowest BCUT2D eigenvalue weighted by atomic mass is 10.1. The van der Waals surface area contributed by atoms with Gasteiger partial charge in [-0.1, -0.05) is 29.8 Å². The van der Waals surface area contributed by atoms with Crippen molar-refractivity contribution >= 4 is 52.2 Å². The third-order valence-corrected chi connectivity index (χ3v) is 5.32. The number of imide groups is 1. The van der Waals surface area contributed by atoms with E-state index < -0.39 is 17.1 Å². The van der Waals surface area contributed by atoms with Gasteiger partial charge in [0.15, 0.2) is 11.5 Å². The number of thioether (sulfide) groups is 1. The SMILES string of the molecule is COc1cc(/C=C2\SC(=O)N(CC(=O)Nc3ccccc3)C2=O)cc(Cl)c1OC(C)C. The molecule has 3 rings (SSSR count). The van der Waals surface area contributed by atoms with E-state index in [1.165, 1.54) is 13.2 Å². The van der Waals surface area contributed by atoms with Crippen molar-refractivity contribution in [3.63, 3.8) is 0 Å². The Morgan fingerprint density at radius 1 is 1.23 bits per heavy atom. The Hall–Kier alpha value is -2.97. The van der Waals surface area contributed by atoms with Gasteiger partial charge in [0.2, 0.25) is 5.91 Å². The molecular formula is C22H21ClN2O5S. The van der Waals surface area contributed by atoms with Crippen LogP contribution >= 0.6 is 23.4 Å². The summed E-state index contributed by atoms with van der Waals surface area (Å²) in [5.74, 6) is -0.193. The average Bonchev–Trinajstić information content (AvgIpc) is 2.97. The van der Waals surface area contributed by atoms with Crippen LogP contribution in [0.2, 0.25) is 5.02 Å². The number of benzene rings is 2. The number of hydrogen-bond acceptors (Lipinski definition) is 6. The number of carbonyl (C=O) groups is 3. The number of hydrogen-bond donors (Lipinski definition) is 1. The normalized spacial score (nSPS) is 15.0. The fourth-order valence-electron chi connectivity index (χ4n) is 2.83. The summed E-state index contributed by atoms with van der Waals surface area (Å²) in [6.07, 6.45) is 1.43. The third kappa shape index (κ3) is 5.59. The molecule has 0 radical (unpaired) electrons. The molecular weight excluding hydrogens is 440 g/mol. The van der Waals surface area contributed by atoms with Gasteiger partial charge in [0.1, 0.15) is 6.54 Å². The summed E-state index contributed by atoms with van der Waals surface area (Å²) in [6.45, 7) is 3.36. The van der Waals surface area contributed by atoms with Crippen LogP contribution < -0.4 is 14.8 Å². The molecule has 0 bridgehead atoms. The molecule has 9 heteroatoms. The van der Waals surface area contributed by atoms with E-state index in [4.69, 9.17) is 21.1 Å². The molecule has 0 aliphatic carbocycles. The van der Waals surface area contributed by atoms with Crippen molar-refractivity contribution < 1.29 is 23.9 Å². The summed E-state index contributed by atoms with van der Waals surface area (Å²) in [4.78, 5) is 38.4. The molecule has 0 unspecified atom stereocenters. The standard InChI is InChI=1S/C22H21ClN2O5S/c1-13(2)30-20-16(23)9-14(10-17(20)29-3)11-18-21(27)25(22(28)31-18)12-19(26)24-15-7-5-4-6-8-15/h4-11,13H,12H2,1-3H3,(H,24,26)/b18-11-. The van der Waals surface area contributed by atoms with E-state index in [1.54, 1.807) is 36.4 Å². The number of nitrogens with one attached hydrogen (secondary N) is 1. The van der Waals surface area contributed by atoms with E-state index in [-0.39, 0.29) is 17.6 Å². The molecule has 0 aromatic heterocycles. The summed E-state index contributed by atoms with van der Waals surface area (Å²) in [7, 11) is 1.49. The lowest BCUT2D eigenvalue weighted by Gasteiger charge is -2.15. The van der Waals surface area contributed by atoms with E-state index in [1.807, 2.05) is 19.9 Å². The molecule has 162 valence electrons. The Kier molecular flexibility index (Phi) is 7.25. The second-order valence-corrected chi connectivity index (χ2v) is 8.28. The molecule has 3 amide bonds. The molecule has 0 atom stereocenters. The lowest BCUT2D eigenvalue weighted by molar-refractivity contribution is -0.127. The Labute approximate surface area is 189 Å². The Morgan fingerprint density at radius 2 is 1.94 bits per heavy atom. The molecule has 0 saturated carbocycles. The maximum absolute atomic E-state index is 12.7. The van der Waals surface area contributed by atoms with Gasteiger partial charge in [0, 0.05) is 5.69 Å². The second-order valence-electron chi connectivity index (χ2n) is 6.88. The van der Waals surface area contributed by atoms with E-state index in [9.17, 15) is 14.4 Å². The molecule has 1 N–H and O–H groups in total. The number of amides is 3. The molecule has 2 aromatic rings. The fraction of sp³-hybridized carbons (Fsp3) is 0.227. The number of para-hydroxylation sites is 1. The molecule has 0 spiro atoms. The zero-order valence-corrected chi connectivity index (χ0v) is 18.8. The summed E-state index contributed by atoms with van der Waals surface area (Å²) in [6, 6.07) is 12.1. The maximum atomic E-state index is 12.7. The van der Waals surface area contributed by atoms with Gasteiger partial charge in [-0.3, -0.25) is 19.3 Å². The molecule has 31 heavy (non-hydrogen) atoms. The zero-order chi connectivity index (χ0) is 22.5. The van der Waals surface area contributed by atoms with Gasteiger partial charge in [-0.05, 0) is 61.5 Å². The van der Waals surface area contributed by atoms with Crippen LogP contribution in [-0.2, 0) is 9.59 Å². The summed E-state index contributed by atoms with van der Waals surface area (Å²) in [5, 5.41) is 2.46. The van der Waals surface area contributed by atoms with Crippen LogP contribution in [0.4, 0.5) is 10.5 Å². The minimum atomic E-state index is -0.546. The van der Waals surface area contributed by atoms with E-state index in [0.717, 1.165) is 16.7 Å². The van der Waals surface area contributed by atoms with Gasteiger partial charge in [-0.25, -0.2) is 0 Å². The minimum absolute atomic E-state index is 0.101. The summed E-state index contributed by atoms with van der Waals surface area (Å²) in [5.41, 5.74) is 1.15. The van der Waals surface area contributed by atoms with Crippen LogP contribution in [0.25, 0.3) is 6.08 Å². The zero-order valence-electron chi connectivity index (χ0n) is 17.2. The quantitative estimate of drug-likeness (QED) is 0.597. The van der Waals surface area contributed by atoms with Crippen molar-refractivity contribution in [3.05, 3.63) is 58.0 Å². The largest absolute Gasteiger partial charge is 0.493 e. The Balaban J connectivity index is 1.77. The van der Waals surface area contributed by atoms with E-state index in [0.29, 0.717) is 27.8 Å². The van der Waals surface area contributed by atoms with Gasteiger partial charge in [-0.15, -0.1) is 0 Å². The van der Waals surface area contributed by atoms with Crippen molar-refractivity contribution in [2.45, 2.75) is 20.0 Å². The van der Waals surface area contributed by atoms with Gasteiger partial charge in [-0.2, -0.15) is 0 Å². The van der Waals surface area contributed by atoms with Crippen LogP contribution in [-0.4, -0.2) is 41.7 Å². The highest BCUT2D eigenvalue weighted by atomic mass is 35.5. The number of anilines is 1. The number of ether oxygens (including phenoxy) is 2. The second kappa shape index (κ2) is 9.89. The monoisotopic (exact) mass is 460 g/mol. The van der Waals surface area contributed by atoms with Gasteiger partial charge >= 0.3 is 0 Å². The van der Waals surface area contributed by atoms with Crippen LogP contribution in [0.15, 0.2) is 47.4 Å². The first kappa shape index (κ1) is 22.7. The minimum Gasteiger partial charge on any atom is -0.493 e. The van der Waals surface area contributed by atoms with Crippen LogP contribution in [0.3, 0.4) is 0 Å². The molecule has 7 nitrogen and oxygen atoms in total. The smallest absolute Gasteiger partial charge is 0.294 e. The number of halogens is 1. The van der Waals surface area contributed by atoms with Crippen molar-refractivity contribution in [1.29, 1.82) is 0 Å². The van der Waals surface area contributed by atoms with Crippen molar-refractivity contribution in [2.24, 2.45) is 0 Å². The average molecular weight is 461 g/mol. The van der Waals surface area contributed by atoms with Gasteiger partial charge < -0.3 is 14.8 Å². The number of methoxy groups -OCH3 is 1. The molecule has 1 fully saturated rings. The number of carbonyl (C=O) groups excluding carboxylic acids is 3. The summed E-state index contributed by atoms with van der Waals surface area (Å²) < 4.78 is 11.0. The van der Waals surface area contributed by atoms with Crippen LogP contribution in [0.5, 0.6) is 11.5 Å². The molecule has 1 aliphatic heterocycles. The van der Waals surface area contributed by atoms with Crippen LogP contribution in [0, 0.1) is 0 Å². The predicted octanol–water partition coefficient (Wildman–Crippen LogP) is 4.81. The number of nitrogens with zero attached hydrogens (tertiary/aromatic N) is 1. The highest BCUT2D eigenvalue weighted by Gasteiger charge is 2.36. The first-order valence-corrected chi connectivity index (χ1v) is 10.6. The third-order valence-electron chi connectivity index (χ3n) is 4.14. The highest BCUT2D eigenvalue weighted by Crippen LogP contribution is 2.39. The lowest BCUT2D eigenvalue weighted by Crippen LogP contribution is -2.36. The fourth-order valence-corrected chi connectivity index (χ4v) is 3.93. The van der Waals surface area contributed by atoms with Crippen LogP contribution in [0.1, 0.15) is 19.4 Å². The Bertz CT molecular complexity index is 1040. The Morgan fingerprint density at radius 3 is 2.58 bits per heavy atom. The first-order valence-electron chi connectivity index (χ1n) is 9.43. The van der Waals surface area contributed by atoms with Crippen molar-refractivity contribution in [3.8, 4) is 11.5 Å². The maximum Gasteiger partial charge on any atom is 0.294 e. The van der Waals surface area contributed by atoms with E-state index in [2.05, 4.69) is 5.32 Å². The van der Waals surface area contributed by atoms with Crippen molar-refractivity contribution in [2.75, 3.05) is 19.0 Å². The number of rotatable bonds is 7. The molecule has 2 aromatic carbocycles. The first-order chi connectivity index (χ1) is 14.8. The van der Waals surface area contributed by atoms with E-state index >= 15 is 0 Å². The topological polar surface area (TPSA) is 84.9 Å². The molecule has 1 heterocycles. The predicted molar refractivity (Wildman–Crippen MR) is 122 cm³/mol. The van der Waals surface area contributed by atoms with Crippen molar-refractivity contribution in [1.82, 2.24) is 4.90 Å². The molecule has 1 aliphatic rings. The van der Waals surface area contributed by atoms with Gasteiger partial charge in [0.05, 0.1) is 23.1 Å². The summed E-state index contributed by atoms with van der Waals surface area (Å²) >= 11 is 7.09. The van der Waals surface area contributed by atoms with Gasteiger partial charge in [0.25, 0.3) is 11.1 Å². The molecule has 1 saturated heterocycles.